The third-order valence-electron chi connectivity index (χ3n) is 5.23. The number of likely N-dealkylation sites (tertiary alicyclic amines) is 1. The summed E-state index contributed by atoms with van der Waals surface area (Å²) in [6, 6.07) is 4.79. The van der Waals surface area contributed by atoms with Gasteiger partial charge in [0.2, 0.25) is 5.95 Å². The number of nitrogens with one attached hydrogen (secondary N) is 2. The summed E-state index contributed by atoms with van der Waals surface area (Å²) in [5.41, 5.74) is 6.42. The molecule has 1 fully saturated rings. The highest BCUT2D eigenvalue weighted by molar-refractivity contribution is 5.92. The van der Waals surface area contributed by atoms with E-state index in [0.717, 1.165) is 42.7 Å². The first kappa shape index (κ1) is 20.4. The van der Waals surface area contributed by atoms with Crippen LogP contribution in [0.25, 0.3) is 10.9 Å². The summed E-state index contributed by atoms with van der Waals surface area (Å²) in [4.78, 5) is 11.9. The third kappa shape index (κ3) is 4.56. The summed E-state index contributed by atoms with van der Waals surface area (Å²) in [5.74, 6) is 2.69. The molecule has 1 aromatic carbocycles. The number of ether oxygens (including phenoxy) is 2. The molecule has 0 aliphatic carbocycles. The second kappa shape index (κ2) is 9.25. The predicted octanol–water partition coefficient (Wildman–Crippen LogP) is 2.30. The molecule has 2 heterocycles. The monoisotopic (exact) mass is 388 g/mol. The quantitative estimate of drug-likeness (QED) is 0.634. The van der Waals surface area contributed by atoms with Crippen molar-refractivity contribution in [2.45, 2.75) is 38.8 Å². The summed E-state index contributed by atoms with van der Waals surface area (Å²) in [7, 11) is 3.26. The fourth-order valence-electron chi connectivity index (χ4n) is 3.58. The van der Waals surface area contributed by atoms with E-state index in [2.05, 4.69) is 34.4 Å². The Hall–Kier alpha value is -2.32. The van der Waals surface area contributed by atoms with Crippen LogP contribution in [-0.2, 0) is 0 Å². The van der Waals surface area contributed by atoms with Crippen LogP contribution in [0.3, 0.4) is 0 Å². The highest BCUT2D eigenvalue weighted by Gasteiger charge is 2.22. The first-order chi connectivity index (χ1) is 13.5. The molecule has 4 N–H and O–H groups in total. The maximum Gasteiger partial charge on any atom is 0.225 e. The van der Waals surface area contributed by atoms with E-state index in [1.807, 2.05) is 12.1 Å². The van der Waals surface area contributed by atoms with Crippen LogP contribution < -0.4 is 25.8 Å². The fraction of sp³-hybridized carbons (Fsp3) is 0.600. The van der Waals surface area contributed by atoms with Crippen LogP contribution in [0.1, 0.15) is 26.7 Å². The molecule has 2 aromatic rings. The number of hydrogen-bond donors (Lipinski definition) is 3. The number of methoxy groups -OCH3 is 2. The molecule has 0 unspecified atom stereocenters. The molecule has 154 valence electrons. The molecule has 8 nitrogen and oxygen atoms in total. The average molecular weight is 389 g/mol. The van der Waals surface area contributed by atoms with Gasteiger partial charge in [0.15, 0.2) is 11.5 Å². The zero-order chi connectivity index (χ0) is 20.1. The summed E-state index contributed by atoms with van der Waals surface area (Å²) in [6.07, 6.45) is 2.17. The summed E-state index contributed by atoms with van der Waals surface area (Å²) >= 11 is 0. The molecule has 0 atom stereocenters. The fourth-order valence-corrected chi connectivity index (χ4v) is 3.58. The molecular weight excluding hydrogens is 356 g/mol. The van der Waals surface area contributed by atoms with Gasteiger partial charge in [-0.1, -0.05) is 0 Å². The molecule has 1 saturated heterocycles. The van der Waals surface area contributed by atoms with E-state index in [-0.39, 0.29) is 0 Å². The second-order valence-electron chi connectivity index (χ2n) is 7.38. The first-order valence-electron chi connectivity index (χ1n) is 9.94. The zero-order valence-electron chi connectivity index (χ0n) is 17.3. The molecule has 8 heteroatoms. The number of benzene rings is 1. The van der Waals surface area contributed by atoms with Gasteiger partial charge in [-0.15, -0.1) is 0 Å². The average Bonchev–Trinajstić information content (AvgIpc) is 2.71. The minimum Gasteiger partial charge on any atom is -0.493 e. The number of rotatable bonds is 8. The van der Waals surface area contributed by atoms with E-state index in [0.29, 0.717) is 42.6 Å². The van der Waals surface area contributed by atoms with Crippen molar-refractivity contribution in [3.05, 3.63) is 12.1 Å². The maximum absolute atomic E-state index is 5.62. The van der Waals surface area contributed by atoms with Gasteiger partial charge in [-0.05, 0) is 32.8 Å². The van der Waals surface area contributed by atoms with Gasteiger partial charge in [-0.2, -0.15) is 4.98 Å². The third-order valence-corrected chi connectivity index (χ3v) is 5.23. The second-order valence-corrected chi connectivity index (χ2v) is 7.38. The largest absolute Gasteiger partial charge is 0.493 e. The molecule has 28 heavy (non-hydrogen) atoms. The van der Waals surface area contributed by atoms with Gasteiger partial charge in [0.1, 0.15) is 5.82 Å². The first-order valence-corrected chi connectivity index (χ1v) is 9.94. The van der Waals surface area contributed by atoms with Crippen LogP contribution in [0, 0.1) is 0 Å². The van der Waals surface area contributed by atoms with Gasteiger partial charge >= 0.3 is 0 Å². The molecule has 1 aromatic heterocycles. The topological polar surface area (TPSA) is 97.6 Å². The van der Waals surface area contributed by atoms with E-state index in [9.17, 15) is 0 Å². The van der Waals surface area contributed by atoms with Gasteiger partial charge in [0.05, 0.1) is 19.7 Å². The zero-order valence-corrected chi connectivity index (χ0v) is 17.3. The molecular formula is C20H32N6O2. The number of hydrogen-bond acceptors (Lipinski definition) is 8. The van der Waals surface area contributed by atoms with E-state index >= 15 is 0 Å². The van der Waals surface area contributed by atoms with Gasteiger partial charge in [-0.3, -0.25) is 0 Å². The Kier molecular flexibility index (Phi) is 6.74. The molecule has 1 aliphatic rings. The Balaban J connectivity index is 1.91. The van der Waals surface area contributed by atoms with Crippen molar-refractivity contribution < 1.29 is 9.47 Å². The Labute approximate surface area is 166 Å². The highest BCUT2D eigenvalue weighted by atomic mass is 16.5. The van der Waals surface area contributed by atoms with Crippen molar-refractivity contribution in [1.82, 2.24) is 14.9 Å². The number of fused-ring (bicyclic) bond motifs is 1. The van der Waals surface area contributed by atoms with E-state index in [1.165, 1.54) is 0 Å². The number of aromatic nitrogens is 2. The van der Waals surface area contributed by atoms with E-state index in [1.54, 1.807) is 14.2 Å². The van der Waals surface area contributed by atoms with Crippen molar-refractivity contribution >= 4 is 22.7 Å². The molecule has 3 rings (SSSR count). The van der Waals surface area contributed by atoms with Crippen molar-refractivity contribution in [1.29, 1.82) is 0 Å². The van der Waals surface area contributed by atoms with Gasteiger partial charge in [0, 0.05) is 49.7 Å². The Morgan fingerprint density at radius 1 is 1.14 bits per heavy atom. The molecule has 0 spiro atoms. The Morgan fingerprint density at radius 2 is 1.82 bits per heavy atom. The van der Waals surface area contributed by atoms with Gasteiger partial charge in [-0.25, -0.2) is 4.98 Å². The molecule has 0 amide bonds. The molecule has 0 radical (unpaired) electrons. The maximum atomic E-state index is 5.62. The number of nitrogens with zero attached hydrogens (tertiary/aromatic N) is 3. The summed E-state index contributed by atoms with van der Waals surface area (Å²) < 4.78 is 10.9. The van der Waals surface area contributed by atoms with Crippen molar-refractivity contribution in [3.63, 3.8) is 0 Å². The smallest absolute Gasteiger partial charge is 0.225 e. The van der Waals surface area contributed by atoms with Crippen LogP contribution >= 0.6 is 0 Å². The summed E-state index contributed by atoms with van der Waals surface area (Å²) in [6.45, 7) is 7.82. The lowest BCUT2D eigenvalue weighted by molar-refractivity contribution is 0.177. The Bertz CT molecular complexity index is 790. The van der Waals surface area contributed by atoms with Crippen LogP contribution in [-0.4, -0.2) is 67.4 Å². The standard InChI is InChI=1S/C20H32N6O2/c1-13(2)26-9-5-14(6-10-26)23-19-15-11-17(27-3)18(28-4)12-16(15)24-20(25-19)22-8-7-21/h11-14H,5-10,21H2,1-4H3,(H2,22,23,24,25). The normalized spacial score (nSPS) is 15.8. The lowest BCUT2D eigenvalue weighted by Crippen LogP contribution is -2.42. The summed E-state index contributed by atoms with van der Waals surface area (Å²) in [5, 5.41) is 7.75. The van der Waals surface area contributed by atoms with Gasteiger partial charge < -0.3 is 30.7 Å². The molecule has 0 saturated carbocycles. The number of nitrogens with two attached hydrogens (primary N) is 1. The van der Waals surface area contributed by atoms with Crippen molar-refractivity contribution in [2.24, 2.45) is 5.73 Å². The lowest BCUT2D eigenvalue weighted by atomic mass is 10.0. The van der Waals surface area contributed by atoms with Crippen molar-refractivity contribution in [2.75, 3.05) is 51.0 Å². The van der Waals surface area contributed by atoms with Crippen LogP contribution in [0.15, 0.2) is 12.1 Å². The Morgan fingerprint density at radius 3 is 2.43 bits per heavy atom. The number of piperidine rings is 1. The van der Waals surface area contributed by atoms with Crippen LogP contribution in [0.2, 0.25) is 0 Å². The minimum atomic E-state index is 0.378. The predicted molar refractivity (Wildman–Crippen MR) is 114 cm³/mol. The molecule has 1 aliphatic heterocycles. The minimum absolute atomic E-state index is 0.378. The van der Waals surface area contributed by atoms with Gasteiger partial charge in [0.25, 0.3) is 0 Å². The highest BCUT2D eigenvalue weighted by Crippen LogP contribution is 2.35. The van der Waals surface area contributed by atoms with Crippen LogP contribution in [0.5, 0.6) is 11.5 Å². The number of anilines is 2. The SMILES string of the molecule is COc1cc2nc(NCCN)nc(NC3CCN(C(C)C)CC3)c2cc1OC. The van der Waals surface area contributed by atoms with Crippen molar-refractivity contribution in [3.8, 4) is 11.5 Å². The lowest BCUT2D eigenvalue weighted by Gasteiger charge is -2.35. The van der Waals surface area contributed by atoms with E-state index < -0.39 is 0 Å². The van der Waals surface area contributed by atoms with E-state index in [4.69, 9.17) is 20.2 Å². The molecule has 0 bridgehead atoms. The van der Waals surface area contributed by atoms with Crippen LogP contribution in [0.4, 0.5) is 11.8 Å².